The van der Waals surface area contributed by atoms with Gasteiger partial charge in [0.2, 0.25) is 0 Å². The molecule has 1 amide bonds. The van der Waals surface area contributed by atoms with Gasteiger partial charge >= 0.3 is 5.97 Å². The summed E-state index contributed by atoms with van der Waals surface area (Å²) in [6.07, 6.45) is 0.478. The first-order chi connectivity index (χ1) is 10.3. The Morgan fingerprint density at radius 3 is 2.68 bits per heavy atom. The van der Waals surface area contributed by atoms with Crippen molar-refractivity contribution in [2.45, 2.75) is 13.3 Å². The van der Waals surface area contributed by atoms with Crippen molar-refractivity contribution in [3.63, 3.8) is 0 Å². The van der Waals surface area contributed by atoms with Crippen LogP contribution in [0.1, 0.15) is 23.7 Å². The first-order valence-corrected chi connectivity index (χ1v) is 6.86. The molecule has 2 rings (SSSR count). The Bertz CT molecular complexity index is 631. The highest BCUT2D eigenvalue weighted by molar-refractivity contribution is 6.03. The highest BCUT2D eigenvalue weighted by Crippen LogP contribution is 2.29. The fourth-order valence-corrected chi connectivity index (χ4v) is 2.80. The number of piperidine rings is 1. The summed E-state index contributed by atoms with van der Waals surface area (Å²) in [7, 11) is 0. The molecule has 22 heavy (non-hydrogen) atoms. The average Bonchev–Trinajstić information content (AvgIpc) is 2.45. The van der Waals surface area contributed by atoms with Gasteiger partial charge in [-0.2, -0.15) is 0 Å². The number of carbonyl (C=O) groups is 2. The summed E-state index contributed by atoms with van der Waals surface area (Å²) >= 11 is 0. The largest absolute Gasteiger partial charge is 0.481 e. The first-order valence-electron chi connectivity index (χ1n) is 6.86. The number of nitro groups is 1. The predicted octanol–water partition coefficient (Wildman–Crippen LogP) is 1.36. The van der Waals surface area contributed by atoms with Crippen LogP contribution in [0.4, 0.5) is 11.4 Å². The van der Waals surface area contributed by atoms with Gasteiger partial charge in [-0.1, -0.05) is 13.0 Å². The molecule has 118 valence electrons. The maximum absolute atomic E-state index is 12.6. The lowest BCUT2D eigenvalue weighted by Crippen LogP contribution is -2.45. The summed E-state index contributed by atoms with van der Waals surface area (Å²) in [5, 5.41) is 20.2. The van der Waals surface area contributed by atoms with Gasteiger partial charge in [-0.25, -0.2) is 0 Å². The van der Waals surface area contributed by atoms with Gasteiger partial charge in [-0.15, -0.1) is 0 Å². The molecule has 2 unspecified atom stereocenters. The van der Waals surface area contributed by atoms with Crippen LogP contribution in [0.2, 0.25) is 0 Å². The van der Waals surface area contributed by atoms with E-state index in [9.17, 15) is 19.7 Å². The van der Waals surface area contributed by atoms with Crippen LogP contribution in [0.5, 0.6) is 0 Å². The zero-order chi connectivity index (χ0) is 16.4. The van der Waals surface area contributed by atoms with Crippen LogP contribution in [-0.4, -0.2) is 39.9 Å². The van der Waals surface area contributed by atoms with Crippen molar-refractivity contribution in [1.29, 1.82) is 0 Å². The van der Waals surface area contributed by atoms with Crippen LogP contribution in [-0.2, 0) is 4.79 Å². The molecule has 8 heteroatoms. The second-order valence-electron chi connectivity index (χ2n) is 5.58. The number of nitrogens with zero attached hydrogens (tertiary/aromatic N) is 2. The topological polar surface area (TPSA) is 127 Å². The number of rotatable bonds is 3. The maximum Gasteiger partial charge on any atom is 0.308 e. The summed E-state index contributed by atoms with van der Waals surface area (Å²) in [5.41, 5.74) is 5.20. The smallest absolute Gasteiger partial charge is 0.308 e. The van der Waals surface area contributed by atoms with Crippen LogP contribution < -0.4 is 5.73 Å². The Kier molecular flexibility index (Phi) is 4.30. The lowest BCUT2D eigenvalue weighted by atomic mass is 9.90. The minimum Gasteiger partial charge on any atom is -0.481 e. The third-order valence-electron chi connectivity index (χ3n) is 3.78. The normalized spacial score (nSPS) is 21.4. The number of carboxylic acid groups (broad SMARTS) is 1. The van der Waals surface area contributed by atoms with Crippen molar-refractivity contribution >= 4 is 23.3 Å². The number of nitrogens with two attached hydrogens (primary N) is 1. The van der Waals surface area contributed by atoms with E-state index in [-0.39, 0.29) is 29.4 Å². The molecule has 0 saturated carbocycles. The molecule has 1 aromatic carbocycles. The van der Waals surface area contributed by atoms with E-state index in [0.29, 0.717) is 13.0 Å². The Morgan fingerprint density at radius 1 is 1.41 bits per heavy atom. The molecule has 1 aliphatic heterocycles. The van der Waals surface area contributed by atoms with E-state index in [1.165, 1.54) is 23.1 Å². The summed E-state index contributed by atoms with van der Waals surface area (Å²) in [6, 6.07) is 4.04. The van der Waals surface area contributed by atoms with Crippen molar-refractivity contribution < 1.29 is 19.6 Å². The van der Waals surface area contributed by atoms with E-state index < -0.39 is 22.7 Å². The van der Waals surface area contributed by atoms with Crippen LogP contribution in [0, 0.1) is 22.0 Å². The number of nitrogen functional groups attached to an aromatic ring is 1. The fraction of sp³-hybridized carbons (Fsp3) is 0.429. The van der Waals surface area contributed by atoms with E-state index in [0.717, 1.165) is 0 Å². The molecule has 2 atom stereocenters. The molecule has 0 aliphatic carbocycles. The number of amides is 1. The van der Waals surface area contributed by atoms with Gasteiger partial charge in [-0.3, -0.25) is 19.7 Å². The van der Waals surface area contributed by atoms with Gasteiger partial charge in [-0.05, 0) is 18.4 Å². The molecule has 1 heterocycles. The lowest BCUT2D eigenvalue weighted by molar-refractivity contribution is -0.385. The number of hydrogen-bond donors (Lipinski definition) is 2. The molecule has 3 N–H and O–H groups in total. The van der Waals surface area contributed by atoms with Crippen LogP contribution in [0.3, 0.4) is 0 Å². The van der Waals surface area contributed by atoms with Crippen molar-refractivity contribution in [2.24, 2.45) is 11.8 Å². The first kappa shape index (κ1) is 15.7. The molecular formula is C14H17N3O5. The predicted molar refractivity (Wildman–Crippen MR) is 78.3 cm³/mol. The van der Waals surface area contributed by atoms with Crippen molar-refractivity contribution in [1.82, 2.24) is 4.90 Å². The summed E-state index contributed by atoms with van der Waals surface area (Å²) in [4.78, 5) is 35.5. The van der Waals surface area contributed by atoms with Crippen molar-refractivity contribution in [2.75, 3.05) is 18.8 Å². The van der Waals surface area contributed by atoms with E-state index in [2.05, 4.69) is 0 Å². The number of nitro benzene ring substituents is 1. The minimum absolute atomic E-state index is 0.00259. The molecule has 0 bridgehead atoms. The van der Waals surface area contributed by atoms with Crippen LogP contribution in [0.25, 0.3) is 0 Å². The number of aliphatic carboxylic acids is 1. The van der Waals surface area contributed by atoms with Gasteiger partial charge in [0.25, 0.3) is 11.6 Å². The molecule has 1 aromatic rings. The molecule has 1 fully saturated rings. The number of likely N-dealkylation sites (tertiary alicyclic amines) is 1. The molecular weight excluding hydrogens is 290 g/mol. The van der Waals surface area contributed by atoms with Crippen molar-refractivity contribution in [3.05, 3.63) is 33.9 Å². The Labute approximate surface area is 126 Å². The maximum atomic E-state index is 12.6. The minimum atomic E-state index is -0.972. The molecule has 0 aromatic heterocycles. The van der Waals surface area contributed by atoms with Crippen molar-refractivity contribution in [3.8, 4) is 0 Å². The SMILES string of the molecule is CC1CC(C(=O)O)CN(C(=O)c2c(N)cccc2[N+](=O)[O-])C1. The number of carboxylic acids is 1. The number of hydrogen-bond acceptors (Lipinski definition) is 5. The van der Waals surface area contributed by atoms with E-state index in [1.807, 2.05) is 6.92 Å². The molecule has 0 spiro atoms. The summed E-state index contributed by atoms with van der Waals surface area (Å²) in [5.74, 6) is -2.23. The van der Waals surface area contributed by atoms with E-state index in [4.69, 9.17) is 10.8 Å². The fourth-order valence-electron chi connectivity index (χ4n) is 2.80. The second-order valence-corrected chi connectivity index (χ2v) is 5.58. The quantitative estimate of drug-likeness (QED) is 0.493. The third-order valence-corrected chi connectivity index (χ3v) is 3.78. The summed E-state index contributed by atoms with van der Waals surface area (Å²) < 4.78 is 0. The number of carbonyl (C=O) groups excluding carboxylic acids is 1. The average molecular weight is 307 g/mol. The van der Waals surface area contributed by atoms with Gasteiger partial charge in [0.15, 0.2) is 0 Å². The van der Waals surface area contributed by atoms with Crippen LogP contribution in [0.15, 0.2) is 18.2 Å². The lowest BCUT2D eigenvalue weighted by Gasteiger charge is -2.34. The van der Waals surface area contributed by atoms with Gasteiger partial charge < -0.3 is 15.7 Å². The molecule has 1 saturated heterocycles. The molecule has 1 aliphatic rings. The molecule has 8 nitrogen and oxygen atoms in total. The standard InChI is InChI=1S/C14H17N3O5/c1-8-5-9(14(19)20)7-16(6-8)13(18)12-10(15)3-2-4-11(12)17(21)22/h2-4,8-9H,5-7,15H2,1H3,(H,19,20). The van der Waals surface area contributed by atoms with Gasteiger partial charge in [0.05, 0.1) is 16.5 Å². The number of benzene rings is 1. The van der Waals surface area contributed by atoms with Gasteiger partial charge in [0, 0.05) is 19.2 Å². The highest BCUT2D eigenvalue weighted by atomic mass is 16.6. The number of anilines is 1. The zero-order valence-electron chi connectivity index (χ0n) is 12.1. The highest BCUT2D eigenvalue weighted by Gasteiger charge is 2.35. The Balaban J connectivity index is 2.35. The Morgan fingerprint density at radius 2 is 2.09 bits per heavy atom. The third kappa shape index (κ3) is 3.00. The van der Waals surface area contributed by atoms with E-state index in [1.54, 1.807) is 0 Å². The second kappa shape index (κ2) is 6.00. The zero-order valence-corrected chi connectivity index (χ0v) is 12.1. The monoisotopic (exact) mass is 307 g/mol. The molecule has 0 radical (unpaired) electrons. The summed E-state index contributed by atoms with van der Waals surface area (Å²) in [6.45, 7) is 2.23. The van der Waals surface area contributed by atoms with Crippen LogP contribution >= 0.6 is 0 Å². The van der Waals surface area contributed by atoms with E-state index >= 15 is 0 Å². The Hall–Kier alpha value is -2.64. The van der Waals surface area contributed by atoms with Gasteiger partial charge in [0.1, 0.15) is 5.56 Å².